The van der Waals surface area contributed by atoms with Gasteiger partial charge in [0.15, 0.2) is 0 Å². The number of nitrogens with two attached hydrogens (primary N) is 1. The first kappa shape index (κ1) is 13.0. The summed E-state index contributed by atoms with van der Waals surface area (Å²) >= 11 is 0. The Morgan fingerprint density at radius 1 is 1.25 bits per heavy atom. The Morgan fingerprint density at radius 3 is 2.62 bits per heavy atom. The summed E-state index contributed by atoms with van der Waals surface area (Å²) in [6, 6.07) is 8.01. The van der Waals surface area contributed by atoms with E-state index in [9.17, 15) is 0 Å². The van der Waals surface area contributed by atoms with Gasteiger partial charge in [0.2, 0.25) is 0 Å². The van der Waals surface area contributed by atoms with E-state index in [0.29, 0.717) is 0 Å². The summed E-state index contributed by atoms with van der Waals surface area (Å²) < 4.78 is 0. The molecule has 0 spiro atoms. The van der Waals surface area contributed by atoms with Crippen LogP contribution in [0.4, 0.5) is 5.69 Å². The minimum absolute atomic E-state index is 0.268. The standard InChI is InChI=1S/C13H22N2O/c1-2-15(9-5-11-16)10-8-12-6-3-4-7-13(12)14/h3-4,6-7,16H,2,5,8-11,14H2,1H3. The summed E-state index contributed by atoms with van der Waals surface area (Å²) in [5.74, 6) is 0. The fourth-order valence-corrected chi connectivity index (χ4v) is 1.76. The van der Waals surface area contributed by atoms with Gasteiger partial charge < -0.3 is 15.7 Å². The molecule has 0 unspecified atom stereocenters. The number of aliphatic hydroxyl groups is 1. The molecule has 0 aliphatic carbocycles. The maximum absolute atomic E-state index is 8.79. The second-order valence-electron chi connectivity index (χ2n) is 3.96. The third kappa shape index (κ3) is 4.21. The van der Waals surface area contributed by atoms with Crippen LogP contribution in [0.2, 0.25) is 0 Å². The molecule has 0 aromatic heterocycles. The smallest absolute Gasteiger partial charge is 0.0443 e. The molecule has 16 heavy (non-hydrogen) atoms. The third-order valence-electron chi connectivity index (χ3n) is 2.83. The number of anilines is 1. The summed E-state index contributed by atoms with van der Waals surface area (Å²) in [6.45, 7) is 5.40. The van der Waals surface area contributed by atoms with Crippen LogP contribution in [-0.4, -0.2) is 36.2 Å². The van der Waals surface area contributed by atoms with Crippen molar-refractivity contribution >= 4 is 5.69 Å². The van der Waals surface area contributed by atoms with Crippen molar-refractivity contribution in [1.29, 1.82) is 0 Å². The van der Waals surface area contributed by atoms with Gasteiger partial charge in [-0.15, -0.1) is 0 Å². The van der Waals surface area contributed by atoms with Crippen molar-refractivity contribution in [2.75, 3.05) is 32.0 Å². The SMILES string of the molecule is CCN(CCCO)CCc1ccccc1N. The monoisotopic (exact) mass is 222 g/mol. The zero-order chi connectivity index (χ0) is 11.8. The van der Waals surface area contributed by atoms with E-state index in [-0.39, 0.29) is 6.61 Å². The summed E-state index contributed by atoms with van der Waals surface area (Å²) in [5.41, 5.74) is 7.98. The van der Waals surface area contributed by atoms with Gasteiger partial charge in [0, 0.05) is 25.4 Å². The van der Waals surface area contributed by atoms with E-state index >= 15 is 0 Å². The van der Waals surface area contributed by atoms with Gasteiger partial charge >= 0.3 is 0 Å². The van der Waals surface area contributed by atoms with E-state index in [4.69, 9.17) is 10.8 Å². The molecule has 3 nitrogen and oxygen atoms in total. The molecule has 90 valence electrons. The van der Waals surface area contributed by atoms with Gasteiger partial charge in [0.25, 0.3) is 0 Å². The molecule has 1 aromatic carbocycles. The van der Waals surface area contributed by atoms with Crippen LogP contribution < -0.4 is 5.73 Å². The lowest BCUT2D eigenvalue weighted by atomic mass is 10.1. The predicted octanol–water partition coefficient (Wildman–Crippen LogP) is 1.52. The summed E-state index contributed by atoms with van der Waals surface area (Å²) in [5, 5.41) is 8.79. The van der Waals surface area contributed by atoms with Gasteiger partial charge in [0.05, 0.1) is 0 Å². The van der Waals surface area contributed by atoms with Crippen LogP contribution in [0.3, 0.4) is 0 Å². The molecule has 0 saturated heterocycles. The van der Waals surface area contributed by atoms with Crippen molar-refractivity contribution in [2.24, 2.45) is 0 Å². The molecule has 0 aliphatic rings. The molecule has 0 radical (unpaired) electrons. The molecule has 0 fully saturated rings. The van der Waals surface area contributed by atoms with Crippen molar-refractivity contribution in [3.63, 3.8) is 0 Å². The first-order valence-corrected chi connectivity index (χ1v) is 5.94. The number of hydrogen-bond acceptors (Lipinski definition) is 3. The lowest BCUT2D eigenvalue weighted by molar-refractivity contribution is 0.231. The minimum atomic E-state index is 0.268. The number of aliphatic hydroxyl groups excluding tert-OH is 1. The summed E-state index contributed by atoms with van der Waals surface area (Å²) in [7, 11) is 0. The van der Waals surface area contributed by atoms with Crippen molar-refractivity contribution in [2.45, 2.75) is 19.8 Å². The number of nitrogens with zero attached hydrogens (tertiary/aromatic N) is 1. The number of rotatable bonds is 7. The lowest BCUT2D eigenvalue weighted by Crippen LogP contribution is -2.27. The molecule has 3 heteroatoms. The number of benzene rings is 1. The van der Waals surface area contributed by atoms with E-state index in [1.54, 1.807) is 0 Å². The number of para-hydroxylation sites is 1. The Balaban J connectivity index is 2.40. The molecule has 1 aromatic rings. The van der Waals surface area contributed by atoms with E-state index < -0.39 is 0 Å². The highest BCUT2D eigenvalue weighted by Gasteiger charge is 2.03. The van der Waals surface area contributed by atoms with Crippen LogP contribution in [-0.2, 0) is 6.42 Å². The largest absolute Gasteiger partial charge is 0.399 e. The zero-order valence-electron chi connectivity index (χ0n) is 10.0. The topological polar surface area (TPSA) is 49.5 Å². The van der Waals surface area contributed by atoms with Crippen LogP contribution in [0.25, 0.3) is 0 Å². The molecule has 0 atom stereocenters. The van der Waals surface area contributed by atoms with Crippen molar-refractivity contribution in [1.82, 2.24) is 4.90 Å². The van der Waals surface area contributed by atoms with E-state index in [1.165, 1.54) is 5.56 Å². The minimum Gasteiger partial charge on any atom is -0.399 e. The first-order valence-electron chi connectivity index (χ1n) is 5.94. The third-order valence-corrected chi connectivity index (χ3v) is 2.83. The van der Waals surface area contributed by atoms with Crippen LogP contribution in [0.1, 0.15) is 18.9 Å². The Hall–Kier alpha value is -1.06. The van der Waals surface area contributed by atoms with Gasteiger partial charge in [0.1, 0.15) is 0 Å². The maximum atomic E-state index is 8.79. The van der Waals surface area contributed by atoms with Crippen molar-refractivity contribution in [3.05, 3.63) is 29.8 Å². The van der Waals surface area contributed by atoms with Crippen molar-refractivity contribution in [3.8, 4) is 0 Å². The summed E-state index contributed by atoms with van der Waals surface area (Å²) in [6.07, 6.45) is 1.82. The predicted molar refractivity (Wildman–Crippen MR) is 68.4 cm³/mol. The highest BCUT2D eigenvalue weighted by molar-refractivity contribution is 5.46. The van der Waals surface area contributed by atoms with E-state index in [2.05, 4.69) is 17.9 Å². The zero-order valence-corrected chi connectivity index (χ0v) is 10.0. The lowest BCUT2D eigenvalue weighted by Gasteiger charge is -2.20. The normalized spacial score (nSPS) is 10.9. The first-order chi connectivity index (χ1) is 7.77. The number of hydrogen-bond donors (Lipinski definition) is 2. The second kappa shape index (κ2) is 7.25. The molecule has 0 saturated carbocycles. The Bertz CT molecular complexity index is 302. The van der Waals surface area contributed by atoms with Crippen LogP contribution in [0.5, 0.6) is 0 Å². The van der Waals surface area contributed by atoms with Crippen LogP contribution >= 0.6 is 0 Å². The quantitative estimate of drug-likeness (QED) is 0.688. The average molecular weight is 222 g/mol. The van der Waals surface area contributed by atoms with Crippen LogP contribution in [0, 0.1) is 0 Å². The fourth-order valence-electron chi connectivity index (χ4n) is 1.76. The molecule has 3 N–H and O–H groups in total. The van der Waals surface area contributed by atoms with Gasteiger partial charge in [-0.25, -0.2) is 0 Å². The molecule has 0 bridgehead atoms. The highest BCUT2D eigenvalue weighted by Crippen LogP contribution is 2.11. The molecule has 0 aliphatic heterocycles. The van der Waals surface area contributed by atoms with E-state index in [1.807, 2.05) is 18.2 Å². The Labute approximate surface area is 97.9 Å². The van der Waals surface area contributed by atoms with Gasteiger partial charge in [-0.1, -0.05) is 25.1 Å². The van der Waals surface area contributed by atoms with Gasteiger partial charge in [-0.3, -0.25) is 0 Å². The maximum Gasteiger partial charge on any atom is 0.0443 e. The molecule has 0 amide bonds. The average Bonchev–Trinajstić information content (AvgIpc) is 2.31. The second-order valence-corrected chi connectivity index (χ2v) is 3.96. The van der Waals surface area contributed by atoms with Crippen LogP contribution in [0.15, 0.2) is 24.3 Å². The molecule has 1 rings (SSSR count). The summed E-state index contributed by atoms with van der Waals surface area (Å²) in [4.78, 5) is 2.34. The fraction of sp³-hybridized carbons (Fsp3) is 0.538. The molecule has 0 heterocycles. The molecular weight excluding hydrogens is 200 g/mol. The Kier molecular flexibility index (Phi) is 5.90. The van der Waals surface area contributed by atoms with Gasteiger partial charge in [-0.05, 0) is 31.0 Å². The molecular formula is C13H22N2O. The van der Waals surface area contributed by atoms with Crippen molar-refractivity contribution < 1.29 is 5.11 Å². The highest BCUT2D eigenvalue weighted by atomic mass is 16.3. The van der Waals surface area contributed by atoms with E-state index in [0.717, 1.165) is 38.2 Å². The number of likely N-dealkylation sites (N-methyl/N-ethyl adjacent to an activating group) is 1. The number of nitrogen functional groups attached to an aromatic ring is 1. The van der Waals surface area contributed by atoms with Gasteiger partial charge in [-0.2, -0.15) is 0 Å². The Morgan fingerprint density at radius 2 is 2.00 bits per heavy atom.